The number of hydrogen-bond donors (Lipinski definition) is 3. The molecule has 0 aromatic heterocycles. The van der Waals surface area contributed by atoms with Gasteiger partial charge in [-0.25, -0.2) is 0 Å². The second kappa shape index (κ2) is 6.22. The van der Waals surface area contributed by atoms with Crippen molar-refractivity contribution in [2.24, 2.45) is 11.8 Å². The molecule has 0 bridgehead atoms. The van der Waals surface area contributed by atoms with Gasteiger partial charge in [-0.2, -0.15) is 0 Å². The molecule has 0 heterocycles. The number of carbonyl (C=O) groups excluding carboxylic acids is 2. The molecular formula is C11H18N2O4. The van der Waals surface area contributed by atoms with Crippen molar-refractivity contribution >= 4 is 17.8 Å². The SMILES string of the molecule is CNC(=O)CNC(=O)[C@@H]1CCCC[C@@H]1C(=O)O. The Morgan fingerprint density at radius 3 is 2.29 bits per heavy atom. The van der Waals surface area contributed by atoms with E-state index in [-0.39, 0.29) is 18.4 Å². The zero-order valence-corrected chi connectivity index (χ0v) is 9.86. The van der Waals surface area contributed by atoms with Crippen LogP contribution in [0.5, 0.6) is 0 Å². The zero-order chi connectivity index (χ0) is 12.8. The molecule has 6 nitrogen and oxygen atoms in total. The summed E-state index contributed by atoms with van der Waals surface area (Å²) in [6, 6.07) is 0. The molecule has 1 aliphatic rings. The number of likely N-dealkylation sites (N-methyl/N-ethyl adjacent to an activating group) is 1. The molecule has 1 rings (SSSR count). The van der Waals surface area contributed by atoms with Gasteiger partial charge in [0.1, 0.15) is 0 Å². The number of carboxylic acid groups (broad SMARTS) is 1. The van der Waals surface area contributed by atoms with Crippen molar-refractivity contribution in [3.05, 3.63) is 0 Å². The molecule has 3 N–H and O–H groups in total. The Labute approximate surface area is 99.8 Å². The fourth-order valence-corrected chi connectivity index (χ4v) is 2.13. The smallest absolute Gasteiger partial charge is 0.307 e. The minimum Gasteiger partial charge on any atom is -0.481 e. The molecule has 0 radical (unpaired) electrons. The van der Waals surface area contributed by atoms with Gasteiger partial charge >= 0.3 is 5.97 Å². The quantitative estimate of drug-likeness (QED) is 0.633. The number of rotatable bonds is 4. The van der Waals surface area contributed by atoms with Crippen LogP contribution in [-0.4, -0.2) is 36.5 Å². The average Bonchev–Trinajstić information content (AvgIpc) is 2.35. The highest BCUT2D eigenvalue weighted by Gasteiger charge is 2.35. The van der Waals surface area contributed by atoms with E-state index in [1.54, 1.807) is 0 Å². The fourth-order valence-electron chi connectivity index (χ4n) is 2.13. The molecule has 2 atom stereocenters. The molecule has 1 fully saturated rings. The van der Waals surface area contributed by atoms with Gasteiger partial charge in [0.25, 0.3) is 0 Å². The van der Waals surface area contributed by atoms with Crippen LogP contribution in [0.2, 0.25) is 0 Å². The van der Waals surface area contributed by atoms with Crippen LogP contribution in [0.3, 0.4) is 0 Å². The van der Waals surface area contributed by atoms with Crippen LogP contribution in [0.4, 0.5) is 0 Å². The Morgan fingerprint density at radius 1 is 1.18 bits per heavy atom. The van der Waals surface area contributed by atoms with Crippen LogP contribution in [0.15, 0.2) is 0 Å². The Bertz CT molecular complexity index is 317. The van der Waals surface area contributed by atoms with Crippen molar-refractivity contribution in [2.45, 2.75) is 25.7 Å². The highest BCUT2D eigenvalue weighted by molar-refractivity contribution is 5.88. The van der Waals surface area contributed by atoms with Gasteiger partial charge in [0, 0.05) is 7.05 Å². The minimum absolute atomic E-state index is 0.0990. The largest absolute Gasteiger partial charge is 0.481 e. The van der Waals surface area contributed by atoms with E-state index in [0.717, 1.165) is 12.8 Å². The van der Waals surface area contributed by atoms with Crippen molar-refractivity contribution in [3.8, 4) is 0 Å². The standard InChI is InChI=1S/C11H18N2O4/c1-12-9(14)6-13-10(15)7-4-2-3-5-8(7)11(16)17/h7-8H,2-6H2,1H3,(H,12,14)(H,13,15)(H,16,17)/t7-,8+/m1/s1. The summed E-state index contributed by atoms with van der Waals surface area (Å²) in [5.41, 5.74) is 0. The van der Waals surface area contributed by atoms with E-state index >= 15 is 0 Å². The lowest BCUT2D eigenvalue weighted by atomic mass is 9.79. The Morgan fingerprint density at radius 2 is 1.76 bits per heavy atom. The maximum atomic E-state index is 11.8. The van der Waals surface area contributed by atoms with E-state index < -0.39 is 17.8 Å². The fraction of sp³-hybridized carbons (Fsp3) is 0.727. The number of nitrogens with one attached hydrogen (secondary N) is 2. The molecule has 0 aliphatic heterocycles. The summed E-state index contributed by atoms with van der Waals surface area (Å²) in [5.74, 6) is -2.68. The zero-order valence-electron chi connectivity index (χ0n) is 9.86. The molecule has 0 spiro atoms. The van der Waals surface area contributed by atoms with Crippen molar-refractivity contribution in [1.29, 1.82) is 0 Å². The van der Waals surface area contributed by atoms with Crippen LogP contribution >= 0.6 is 0 Å². The summed E-state index contributed by atoms with van der Waals surface area (Å²) in [6.45, 7) is -0.0990. The third kappa shape index (κ3) is 3.72. The van der Waals surface area contributed by atoms with Crippen molar-refractivity contribution in [1.82, 2.24) is 10.6 Å². The van der Waals surface area contributed by atoms with Crippen LogP contribution in [0, 0.1) is 11.8 Å². The number of carbonyl (C=O) groups is 3. The molecule has 2 amide bonds. The summed E-state index contributed by atoms with van der Waals surface area (Å²) < 4.78 is 0. The number of carboxylic acids is 1. The highest BCUT2D eigenvalue weighted by atomic mass is 16.4. The Kier molecular flexibility index (Phi) is 4.93. The first kappa shape index (κ1) is 13.5. The molecule has 96 valence electrons. The van der Waals surface area contributed by atoms with Crippen molar-refractivity contribution < 1.29 is 19.5 Å². The molecule has 1 aliphatic carbocycles. The van der Waals surface area contributed by atoms with Gasteiger partial charge in [-0.3, -0.25) is 14.4 Å². The first-order valence-electron chi connectivity index (χ1n) is 5.77. The van der Waals surface area contributed by atoms with E-state index in [9.17, 15) is 14.4 Å². The molecule has 6 heteroatoms. The first-order valence-corrected chi connectivity index (χ1v) is 5.77. The third-order valence-corrected chi connectivity index (χ3v) is 3.12. The van der Waals surface area contributed by atoms with Crippen LogP contribution in [0.25, 0.3) is 0 Å². The second-order valence-electron chi connectivity index (χ2n) is 4.23. The van der Waals surface area contributed by atoms with Crippen molar-refractivity contribution in [3.63, 3.8) is 0 Å². The van der Waals surface area contributed by atoms with Gasteiger partial charge in [-0.1, -0.05) is 12.8 Å². The minimum atomic E-state index is -0.926. The molecular weight excluding hydrogens is 224 g/mol. The topological polar surface area (TPSA) is 95.5 Å². The predicted molar refractivity (Wildman–Crippen MR) is 60.2 cm³/mol. The maximum absolute atomic E-state index is 11.8. The average molecular weight is 242 g/mol. The molecule has 0 saturated heterocycles. The van der Waals surface area contributed by atoms with Crippen molar-refractivity contribution in [2.75, 3.05) is 13.6 Å². The monoisotopic (exact) mass is 242 g/mol. The lowest BCUT2D eigenvalue weighted by Crippen LogP contribution is -2.43. The predicted octanol–water partition coefficient (Wildman–Crippen LogP) is -0.260. The van der Waals surface area contributed by atoms with Gasteiger partial charge in [0.15, 0.2) is 0 Å². The first-order chi connectivity index (χ1) is 8.06. The molecule has 17 heavy (non-hydrogen) atoms. The van der Waals surface area contributed by atoms with Gasteiger partial charge in [0.05, 0.1) is 18.4 Å². The van der Waals surface area contributed by atoms with Gasteiger partial charge in [-0.15, -0.1) is 0 Å². The highest BCUT2D eigenvalue weighted by Crippen LogP contribution is 2.30. The summed E-state index contributed by atoms with van der Waals surface area (Å²) in [7, 11) is 1.48. The van der Waals surface area contributed by atoms with E-state index in [0.29, 0.717) is 12.8 Å². The second-order valence-corrected chi connectivity index (χ2v) is 4.23. The summed E-state index contributed by atoms with van der Waals surface area (Å²) in [6.07, 6.45) is 2.82. The molecule has 0 aromatic rings. The van der Waals surface area contributed by atoms with Crippen LogP contribution in [-0.2, 0) is 14.4 Å². The summed E-state index contributed by atoms with van der Waals surface area (Å²) >= 11 is 0. The summed E-state index contributed by atoms with van der Waals surface area (Å²) in [5, 5.41) is 13.9. The normalized spacial score (nSPS) is 23.8. The van der Waals surface area contributed by atoms with Gasteiger partial charge < -0.3 is 15.7 Å². The molecule has 0 aromatic carbocycles. The maximum Gasteiger partial charge on any atom is 0.307 e. The lowest BCUT2D eigenvalue weighted by Gasteiger charge is -2.27. The van der Waals surface area contributed by atoms with Crippen LogP contribution < -0.4 is 10.6 Å². The lowest BCUT2D eigenvalue weighted by molar-refractivity contribution is -0.149. The van der Waals surface area contributed by atoms with Gasteiger partial charge in [-0.05, 0) is 12.8 Å². The third-order valence-electron chi connectivity index (χ3n) is 3.12. The number of amides is 2. The van der Waals surface area contributed by atoms with Gasteiger partial charge in [0.2, 0.25) is 11.8 Å². The Hall–Kier alpha value is -1.59. The van der Waals surface area contributed by atoms with E-state index in [2.05, 4.69) is 10.6 Å². The van der Waals surface area contributed by atoms with Crippen LogP contribution in [0.1, 0.15) is 25.7 Å². The number of hydrogen-bond acceptors (Lipinski definition) is 3. The summed E-state index contributed by atoms with van der Waals surface area (Å²) in [4.78, 5) is 33.8. The molecule has 1 saturated carbocycles. The molecule has 0 unspecified atom stereocenters. The van der Waals surface area contributed by atoms with E-state index in [1.807, 2.05) is 0 Å². The number of aliphatic carboxylic acids is 1. The Balaban J connectivity index is 2.53. The van der Waals surface area contributed by atoms with E-state index in [1.165, 1.54) is 7.05 Å². The van der Waals surface area contributed by atoms with E-state index in [4.69, 9.17) is 5.11 Å².